The van der Waals surface area contributed by atoms with Gasteiger partial charge >= 0.3 is 12.4 Å². The van der Waals surface area contributed by atoms with E-state index >= 15 is 0 Å². The van der Waals surface area contributed by atoms with Crippen LogP contribution < -0.4 is 0 Å². The molecule has 1 aromatic carbocycles. The molecule has 1 N–H and O–H groups in total. The van der Waals surface area contributed by atoms with Crippen LogP contribution in [-0.4, -0.2) is 38.1 Å². The van der Waals surface area contributed by atoms with Gasteiger partial charge in [-0.05, 0) is 92.4 Å². The standard InChI is InChI=1S/C28H34F7N3O/c1-18(5-3-15-26(39,27(30,31)32)28(33,34)35)22-11-12-23-19(6-4-14-25(22,23)2)13-16-38-17-24(36-37-38)20-7-9-21(29)10-8-20/h7-10,13,17-18,22-23,39H,3-6,11-12,14-16H2,1-2H3/b19-13+/t18-,22-,23+,25-/m1/s1. The molecule has 4 atom stereocenters. The zero-order valence-electron chi connectivity index (χ0n) is 22.0. The van der Waals surface area contributed by atoms with E-state index in [4.69, 9.17) is 0 Å². The Balaban J connectivity index is 1.39. The number of aliphatic hydroxyl groups is 1. The highest BCUT2D eigenvalue weighted by molar-refractivity contribution is 5.57. The lowest BCUT2D eigenvalue weighted by atomic mass is 9.60. The van der Waals surface area contributed by atoms with Crippen molar-refractivity contribution in [2.24, 2.45) is 23.2 Å². The van der Waals surface area contributed by atoms with Crippen LogP contribution in [0.1, 0.15) is 65.2 Å². The summed E-state index contributed by atoms with van der Waals surface area (Å²) >= 11 is 0. The molecule has 2 aliphatic rings. The summed E-state index contributed by atoms with van der Waals surface area (Å²) in [7, 11) is 0. The molecule has 2 saturated carbocycles. The van der Waals surface area contributed by atoms with Crippen molar-refractivity contribution in [3.63, 3.8) is 0 Å². The van der Waals surface area contributed by atoms with Gasteiger partial charge in [0.15, 0.2) is 0 Å². The van der Waals surface area contributed by atoms with Crippen molar-refractivity contribution < 1.29 is 35.8 Å². The quantitative estimate of drug-likeness (QED) is 0.263. The Bertz CT molecular complexity index is 1140. The molecule has 39 heavy (non-hydrogen) atoms. The summed E-state index contributed by atoms with van der Waals surface area (Å²) < 4.78 is 93.2. The smallest absolute Gasteiger partial charge is 0.374 e. The normalized spacial score (nSPS) is 26.2. The van der Waals surface area contributed by atoms with Crippen LogP contribution in [0.25, 0.3) is 11.3 Å². The van der Waals surface area contributed by atoms with Crippen molar-refractivity contribution in [1.29, 1.82) is 0 Å². The number of rotatable bonds is 8. The van der Waals surface area contributed by atoms with Crippen LogP contribution in [0.15, 0.2) is 42.1 Å². The minimum absolute atomic E-state index is 0.0707. The SMILES string of the molecule is C[C@H](CCCC(O)(C(F)(F)F)C(F)(F)F)[C@H]1CC[C@H]2/C(=C/Cn3cc(-c4ccc(F)cc4)nn3)CCC[C@]12C. The van der Waals surface area contributed by atoms with Gasteiger partial charge in [0, 0.05) is 5.56 Å². The fourth-order valence-corrected chi connectivity index (χ4v) is 6.94. The molecule has 0 saturated heterocycles. The van der Waals surface area contributed by atoms with Crippen molar-refractivity contribution in [2.45, 2.75) is 89.7 Å². The number of allylic oxidation sites excluding steroid dienone is 2. The highest BCUT2D eigenvalue weighted by atomic mass is 19.4. The van der Waals surface area contributed by atoms with Crippen LogP contribution in [-0.2, 0) is 6.54 Å². The first-order valence-corrected chi connectivity index (χ1v) is 13.4. The Morgan fingerprint density at radius 1 is 1.10 bits per heavy atom. The van der Waals surface area contributed by atoms with E-state index in [1.807, 2.05) is 6.92 Å². The number of hydrogen-bond donors (Lipinski definition) is 1. The first-order valence-electron chi connectivity index (χ1n) is 13.4. The predicted octanol–water partition coefficient (Wildman–Crippen LogP) is 7.89. The third-order valence-electron chi connectivity index (χ3n) is 9.08. The van der Waals surface area contributed by atoms with Gasteiger partial charge in [0.1, 0.15) is 11.5 Å². The van der Waals surface area contributed by atoms with Gasteiger partial charge in [0.2, 0.25) is 0 Å². The maximum absolute atomic E-state index is 13.2. The molecule has 0 aliphatic heterocycles. The lowest BCUT2D eigenvalue weighted by molar-refractivity contribution is -0.370. The Morgan fingerprint density at radius 3 is 2.41 bits per heavy atom. The van der Waals surface area contributed by atoms with Gasteiger partial charge in [-0.1, -0.05) is 37.1 Å². The molecular weight excluding hydrogens is 527 g/mol. The lowest BCUT2D eigenvalue weighted by Crippen LogP contribution is -2.56. The third kappa shape index (κ3) is 5.88. The van der Waals surface area contributed by atoms with Gasteiger partial charge in [-0.3, -0.25) is 0 Å². The molecule has 0 bridgehead atoms. The maximum Gasteiger partial charge on any atom is 0.426 e. The summed E-state index contributed by atoms with van der Waals surface area (Å²) in [5, 5.41) is 17.8. The summed E-state index contributed by atoms with van der Waals surface area (Å²) in [5.41, 5.74) is -2.06. The average molecular weight is 562 g/mol. The van der Waals surface area contributed by atoms with Gasteiger partial charge in [0.05, 0.1) is 12.7 Å². The fourth-order valence-electron chi connectivity index (χ4n) is 6.94. The van der Waals surface area contributed by atoms with E-state index in [0.717, 1.165) is 37.7 Å². The summed E-state index contributed by atoms with van der Waals surface area (Å²) in [6, 6.07) is 6.01. The topological polar surface area (TPSA) is 50.9 Å². The van der Waals surface area contributed by atoms with E-state index in [2.05, 4.69) is 23.3 Å². The highest BCUT2D eigenvalue weighted by Gasteiger charge is 2.69. The number of halogens is 7. The fraction of sp³-hybridized carbons (Fsp3) is 0.643. The summed E-state index contributed by atoms with van der Waals surface area (Å²) in [4.78, 5) is 0. The van der Waals surface area contributed by atoms with Gasteiger partial charge in [0.25, 0.3) is 5.60 Å². The van der Waals surface area contributed by atoms with Gasteiger partial charge in [-0.25, -0.2) is 9.07 Å². The zero-order valence-corrected chi connectivity index (χ0v) is 22.0. The minimum atomic E-state index is -5.77. The number of alkyl halides is 6. The van der Waals surface area contributed by atoms with Crippen LogP contribution >= 0.6 is 0 Å². The van der Waals surface area contributed by atoms with Crippen LogP contribution in [0.3, 0.4) is 0 Å². The van der Waals surface area contributed by atoms with Gasteiger partial charge in [-0.2, -0.15) is 26.3 Å². The molecule has 0 unspecified atom stereocenters. The van der Waals surface area contributed by atoms with E-state index in [1.54, 1.807) is 23.0 Å². The second-order valence-corrected chi connectivity index (χ2v) is 11.4. The van der Waals surface area contributed by atoms with E-state index < -0.39 is 24.4 Å². The molecule has 2 aromatic rings. The Hall–Kier alpha value is -2.43. The van der Waals surface area contributed by atoms with Crippen molar-refractivity contribution in [3.05, 3.63) is 47.9 Å². The molecule has 2 aliphatic carbocycles. The monoisotopic (exact) mass is 561 g/mol. The number of fused-ring (bicyclic) bond motifs is 1. The maximum atomic E-state index is 13.2. The second-order valence-electron chi connectivity index (χ2n) is 11.4. The van der Waals surface area contributed by atoms with Gasteiger partial charge < -0.3 is 5.11 Å². The molecule has 4 nitrogen and oxygen atoms in total. The summed E-state index contributed by atoms with van der Waals surface area (Å²) in [5.74, 6) is 0.0665. The van der Waals surface area contributed by atoms with E-state index in [0.29, 0.717) is 18.2 Å². The second kappa shape index (κ2) is 10.9. The van der Waals surface area contributed by atoms with Crippen molar-refractivity contribution in [1.82, 2.24) is 15.0 Å². The lowest BCUT2D eigenvalue weighted by Gasteiger charge is -2.44. The molecule has 4 rings (SSSR count). The Morgan fingerprint density at radius 2 is 1.77 bits per heavy atom. The molecule has 1 aromatic heterocycles. The molecule has 0 spiro atoms. The first kappa shape index (κ1) is 29.6. The minimum Gasteiger partial charge on any atom is -0.374 e. The highest BCUT2D eigenvalue weighted by Crippen LogP contribution is 2.60. The molecule has 0 amide bonds. The summed E-state index contributed by atoms with van der Waals surface area (Å²) in [6.07, 6.45) is -4.52. The summed E-state index contributed by atoms with van der Waals surface area (Å²) in [6.45, 7) is 4.62. The van der Waals surface area contributed by atoms with Crippen molar-refractivity contribution in [2.75, 3.05) is 0 Å². The number of nitrogens with zero attached hydrogens (tertiary/aromatic N) is 3. The third-order valence-corrected chi connectivity index (χ3v) is 9.08. The first-order chi connectivity index (χ1) is 18.2. The largest absolute Gasteiger partial charge is 0.426 e. The average Bonchev–Trinajstić information content (AvgIpc) is 3.46. The van der Waals surface area contributed by atoms with Crippen molar-refractivity contribution >= 4 is 0 Å². The van der Waals surface area contributed by atoms with E-state index in [-0.39, 0.29) is 35.9 Å². The molecular formula is C28H34F7N3O. The number of benzene rings is 1. The predicted molar refractivity (Wildman–Crippen MR) is 132 cm³/mol. The molecule has 11 heteroatoms. The molecule has 2 fully saturated rings. The van der Waals surface area contributed by atoms with Crippen LogP contribution in [0.5, 0.6) is 0 Å². The van der Waals surface area contributed by atoms with Crippen molar-refractivity contribution in [3.8, 4) is 11.3 Å². The molecule has 1 heterocycles. The van der Waals surface area contributed by atoms with Crippen LogP contribution in [0, 0.1) is 29.0 Å². The molecule has 0 radical (unpaired) electrons. The Kier molecular flexibility index (Phi) is 8.23. The number of aromatic nitrogens is 3. The Labute approximate surface area is 223 Å². The van der Waals surface area contributed by atoms with E-state index in [1.165, 1.54) is 17.7 Å². The number of hydrogen-bond acceptors (Lipinski definition) is 3. The van der Waals surface area contributed by atoms with Crippen LogP contribution in [0.4, 0.5) is 30.7 Å². The van der Waals surface area contributed by atoms with E-state index in [9.17, 15) is 35.8 Å². The van der Waals surface area contributed by atoms with Gasteiger partial charge in [-0.15, -0.1) is 5.10 Å². The van der Waals surface area contributed by atoms with Crippen LogP contribution in [0.2, 0.25) is 0 Å². The molecule has 216 valence electrons. The zero-order chi connectivity index (χ0) is 28.6.